The molecule has 1 aromatic heterocycles. The molecule has 0 radical (unpaired) electrons. The summed E-state index contributed by atoms with van der Waals surface area (Å²) >= 11 is 0. The van der Waals surface area contributed by atoms with E-state index < -0.39 is 11.7 Å². The van der Waals surface area contributed by atoms with Crippen LogP contribution in [0.4, 0.5) is 16.3 Å². The largest absolute Gasteiger partial charge is 0.444 e. The molecule has 0 aliphatic rings. The molecule has 1 amide bonds. The molecule has 0 unspecified atom stereocenters. The van der Waals surface area contributed by atoms with E-state index in [2.05, 4.69) is 22.5 Å². The number of alkyl carbamates (subject to hydrolysis) is 1. The van der Waals surface area contributed by atoms with Crippen LogP contribution in [0.1, 0.15) is 38.8 Å². The fourth-order valence-corrected chi connectivity index (χ4v) is 2.16. The fraction of sp³-hybridized carbons (Fsp3) is 0.368. The summed E-state index contributed by atoms with van der Waals surface area (Å²) in [4.78, 5) is 16.0. The lowest BCUT2D eigenvalue weighted by molar-refractivity contribution is 0.0523. The van der Waals surface area contributed by atoms with Gasteiger partial charge < -0.3 is 15.4 Å². The van der Waals surface area contributed by atoms with E-state index in [1.165, 1.54) is 5.56 Å². The van der Waals surface area contributed by atoms with Crippen LogP contribution in [0.15, 0.2) is 42.6 Å². The van der Waals surface area contributed by atoms with Crippen LogP contribution in [-0.2, 0) is 17.7 Å². The van der Waals surface area contributed by atoms with Crippen LogP contribution in [0, 0.1) is 0 Å². The molecule has 0 spiro atoms. The number of aromatic nitrogens is 1. The Labute approximate surface area is 143 Å². The molecule has 0 aliphatic carbocycles. The molecule has 24 heavy (non-hydrogen) atoms. The summed E-state index contributed by atoms with van der Waals surface area (Å²) in [5, 5.41) is 6.05. The standard InChI is InChI=1S/C19H25N3O2/c1-5-14-9-10-20-17(12-14)22-16-8-6-7-15(11-16)13-21-18(23)24-19(2,3)4/h6-12H,5,13H2,1-4H3,(H,20,22)(H,21,23). The fourth-order valence-electron chi connectivity index (χ4n) is 2.16. The van der Waals surface area contributed by atoms with Gasteiger partial charge in [-0.2, -0.15) is 0 Å². The minimum atomic E-state index is -0.497. The maximum atomic E-state index is 11.7. The van der Waals surface area contributed by atoms with E-state index in [0.717, 1.165) is 23.5 Å². The molecular weight excluding hydrogens is 302 g/mol. The van der Waals surface area contributed by atoms with Gasteiger partial charge in [0, 0.05) is 18.4 Å². The summed E-state index contributed by atoms with van der Waals surface area (Å²) in [7, 11) is 0. The number of amides is 1. The number of hydrogen-bond donors (Lipinski definition) is 2. The normalized spacial score (nSPS) is 11.0. The highest BCUT2D eigenvalue weighted by Gasteiger charge is 2.15. The van der Waals surface area contributed by atoms with Gasteiger partial charge in [0.15, 0.2) is 0 Å². The highest BCUT2D eigenvalue weighted by atomic mass is 16.6. The van der Waals surface area contributed by atoms with Crippen molar-refractivity contribution in [2.75, 3.05) is 5.32 Å². The zero-order valence-corrected chi connectivity index (χ0v) is 14.7. The van der Waals surface area contributed by atoms with Crippen molar-refractivity contribution in [1.29, 1.82) is 0 Å². The summed E-state index contributed by atoms with van der Waals surface area (Å²) < 4.78 is 5.24. The summed E-state index contributed by atoms with van der Waals surface area (Å²) in [6.45, 7) is 8.05. The van der Waals surface area contributed by atoms with Gasteiger partial charge in [-0.15, -0.1) is 0 Å². The van der Waals surface area contributed by atoms with Crippen molar-refractivity contribution in [2.24, 2.45) is 0 Å². The molecule has 0 saturated heterocycles. The van der Waals surface area contributed by atoms with Crippen LogP contribution < -0.4 is 10.6 Å². The number of carbonyl (C=O) groups is 1. The molecule has 128 valence electrons. The van der Waals surface area contributed by atoms with E-state index >= 15 is 0 Å². The van der Waals surface area contributed by atoms with E-state index in [4.69, 9.17) is 4.74 Å². The van der Waals surface area contributed by atoms with Crippen molar-refractivity contribution in [2.45, 2.75) is 46.3 Å². The van der Waals surface area contributed by atoms with Gasteiger partial charge in [-0.05, 0) is 62.6 Å². The topological polar surface area (TPSA) is 63.2 Å². The first-order valence-electron chi connectivity index (χ1n) is 8.13. The van der Waals surface area contributed by atoms with Gasteiger partial charge >= 0.3 is 6.09 Å². The second-order valence-corrected chi connectivity index (χ2v) is 6.58. The van der Waals surface area contributed by atoms with Crippen molar-refractivity contribution >= 4 is 17.6 Å². The van der Waals surface area contributed by atoms with Crippen LogP contribution in [0.3, 0.4) is 0 Å². The number of nitrogens with one attached hydrogen (secondary N) is 2. The van der Waals surface area contributed by atoms with Gasteiger partial charge in [0.2, 0.25) is 0 Å². The SMILES string of the molecule is CCc1ccnc(Nc2cccc(CNC(=O)OC(C)(C)C)c2)c1. The predicted octanol–water partition coefficient (Wildman–Crippen LogP) is 4.41. The lowest BCUT2D eigenvalue weighted by Gasteiger charge is -2.19. The number of pyridine rings is 1. The number of carbonyl (C=O) groups excluding carboxylic acids is 1. The summed E-state index contributed by atoms with van der Waals surface area (Å²) in [5.41, 5.74) is 2.65. The Morgan fingerprint density at radius 3 is 2.67 bits per heavy atom. The quantitative estimate of drug-likeness (QED) is 0.853. The summed E-state index contributed by atoms with van der Waals surface area (Å²) in [6, 6.07) is 11.9. The second kappa shape index (κ2) is 7.81. The first-order chi connectivity index (χ1) is 11.4. The molecule has 5 nitrogen and oxygen atoms in total. The lowest BCUT2D eigenvalue weighted by Crippen LogP contribution is -2.32. The van der Waals surface area contributed by atoms with E-state index in [1.807, 2.05) is 57.2 Å². The van der Waals surface area contributed by atoms with Crippen molar-refractivity contribution in [3.05, 3.63) is 53.7 Å². The number of hydrogen-bond acceptors (Lipinski definition) is 4. The predicted molar refractivity (Wildman–Crippen MR) is 96.4 cm³/mol. The van der Waals surface area contributed by atoms with Gasteiger partial charge in [-0.3, -0.25) is 0 Å². The molecule has 1 aromatic carbocycles. The molecule has 5 heteroatoms. The Bertz CT molecular complexity index is 693. The van der Waals surface area contributed by atoms with Crippen LogP contribution in [0.5, 0.6) is 0 Å². The third-order valence-corrected chi connectivity index (χ3v) is 3.27. The van der Waals surface area contributed by atoms with Crippen molar-refractivity contribution < 1.29 is 9.53 Å². The number of rotatable bonds is 5. The molecule has 2 N–H and O–H groups in total. The minimum Gasteiger partial charge on any atom is -0.444 e. The van der Waals surface area contributed by atoms with E-state index in [1.54, 1.807) is 6.20 Å². The molecule has 2 rings (SSSR count). The molecule has 2 aromatic rings. The number of nitrogens with zero attached hydrogens (tertiary/aromatic N) is 1. The average molecular weight is 327 g/mol. The smallest absolute Gasteiger partial charge is 0.407 e. The van der Waals surface area contributed by atoms with Gasteiger partial charge in [-0.1, -0.05) is 19.1 Å². The third-order valence-electron chi connectivity index (χ3n) is 3.27. The molecule has 1 heterocycles. The molecule has 0 fully saturated rings. The number of benzene rings is 1. The maximum absolute atomic E-state index is 11.7. The number of ether oxygens (including phenoxy) is 1. The molecule has 0 bridgehead atoms. The molecule has 0 saturated carbocycles. The zero-order valence-electron chi connectivity index (χ0n) is 14.7. The first-order valence-corrected chi connectivity index (χ1v) is 8.13. The average Bonchev–Trinajstić information content (AvgIpc) is 2.52. The highest BCUT2D eigenvalue weighted by molar-refractivity contribution is 5.67. The van der Waals surface area contributed by atoms with Gasteiger partial charge in [0.05, 0.1) is 0 Å². The van der Waals surface area contributed by atoms with Gasteiger partial charge in [0.1, 0.15) is 11.4 Å². The third kappa shape index (κ3) is 5.91. The molecule has 0 atom stereocenters. The van der Waals surface area contributed by atoms with E-state index in [9.17, 15) is 4.79 Å². The van der Waals surface area contributed by atoms with E-state index in [0.29, 0.717) is 6.54 Å². The highest BCUT2D eigenvalue weighted by Crippen LogP contribution is 2.17. The first kappa shape index (κ1) is 17.8. The Morgan fingerprint density at radius 2 is 1.96 bits per heavy atom. The lowest BCUT2D eigenvalue weighted by atomic mass is 10.2. The Morgan fingerprint density at radius 1 is 1.17 bits per heavy atom. The Balaban J connectivity index is 1.97. The number of aryl methyl sites for hydroxylation is 1. The van der Waals surface area contributed by atoms with Crippen molar-refractivity contribution in [1.82, 2.24) is 10.3 Å². The minimum absolute atomic E-state index is 0.410. The van der Waals surface area contributed by atoms with Crippen LogP contribution in [0.2, 0.25) is 0 Å². The van der Waals surface area contributed by atoms with Gasteiger partial charge in [0.25, 0.3) is 0 Å². The zero-order chi connectivity index (χ0) is 17.6. The number of anilines is 2. The van der Waals surface area contributed by atoms with Crippen molar-refractivity contribution in [3.63, 3.8) is 0 Å². The van der Waals surface area contributed by atoms with Gasteiger partial charge in [-0.25, -0.2) is 9.78 Å². The second-order valence-electron chi connectivity index (χ2n) is 6.58. The monoisotopic (exact) mass is 327 g/mol. The van der Waals surface area contributed by atoms with Crippen molar-refractivity contribution in [3.8, 4) is 0 Å². The summed E-state index contributed by atoms with van der Waals surface area (Å²) in [5.74, 6) is 0.812. The van der Waals surface area contributed by atoms with Crippen LogP contribution in [0.25, 0.3) is 0 Å². The molecular formula is C19H25N3O2. The maximum Gasteiger partial charge on any atom is 0.407 e. The van der Waals surface area contributed by atoms with Crippen LogP contribution >= 0.6 is 0 Å². The van der Waals surface area contributed by atoms with E-state index in [-0.39, 0.29) is 0 Å². The Hall–Kier alpha value is -2.56. The van der Waals surface area contributed by atoms with Crippen LogP contribution in [-0.4, -0.2) is 16.7 Å². The summed E-state index contributed by atoms with van der Waals surface area (Å²) in [6.07, 6.45) is 2.35. The molecule has 0 aliphatic heterocycles. The Kier molecular flexibility index (Phi) is 5.79.